The number of benzene rings is 3. The highest BCUT2D eigenvalue weighted by Crippen LogP contribution is 2.43. The van der Waals surface area contributed by atoms with Crippen molar-refractivity contribution < 1.29 is 41.7 Å². The molecule has 1 atom stereocenters. The highest BCUT2D eigenvalue weighted by Gasteiger charge is 2.40. The van der Waals surface area contributed by atoms with Gasteiger partial charge < -0.3 is 45.3 Å². The third-order valence-electron chi connectivity index (χ3n) is 13.5. The second kappa shape index (κ2) is 20.1. The summed E-state index contributed by atoms with van der Waals surface area (Å²) in [5.41, 5.74) is 4.60. The molecular formula is C49H54BrF3N11O6P. The summed E-state index contributed by atoms with van der Waals surface area (Å²) in [5, 5.41) is 16.3. The molecule has 0 radical (unpaired) electrons. The van der Waals surface area contributed by atoms with E-state index in [1.165, 1.54) is 17.0 Å². The summed E-state index contributed by atoms with van der Waals surface area (Å²) < 4.78 is 60.4. The lowest BCUT2D eigenvalue weighted by Crippen LogP contribution is -2.54. The number of rotatable bonds is 15. The minimum atomic E-state index is -4.62. The molecule has 3 saturated heterocycles. The van der Waals surface area contributed by atoms with E-state index in [1.54, 1.807) is 38.8 Å². The van der Waals surface area contributed by atoms with E-state index < -0.39 is 31.0 Å². The van der Waals surface area contributed by atoms with E-state index in [-0.39, 0.29) is 47.6 Å². The van der Waals surface area contributed by atoms with Crippen molar-refractivity contribution in [1.82, 2.24) is 35.8 Å². The SMILES string of the molecule is CCc1cc(Nc2ncc(Br)c(Nc3ccc4nc(C(F)(F)F)ccc4c3P(C)(C)=O)n2)c(OC)cc1N1CCC(NCCNC(=O)C2CN(c3ccc4c(c3)CN(C3CCC(=O)NC3=O)C4=O)C2)CC1. The Labute approximate surface area is 416 Å². The number of fused-ring (bicyclic) bond motifs is 2. The van der Waals surface area contributed by atoms with Gasteiger partial charge in [0.25, 0.3) is 5.91 Å². The van der Waals surface area contributed by atoms with Gasteiger partial charge in [-0.3, -0.25) is 24.5 Å². The van der Waals surface area contributed by atoms with Gasteiger partial charge in [0.1, 0.15) is 30.4 Å². The lowest BCUT2D eigenvalue weighted by molar-refractivity contribution is -0.141. The van der Waals surface area contributed by atoms with E-state index in [2.05, 4.69) is 69.2 Å². The fourth-order valence-electron chi connectivity index (χ4n) is 9.79. The van der Waals surface area contributed by atoms with Crippen molar-refractivity contribution in [2.45, 2.75) is 63.8 Å². The number of anilines is 6. The van der Waals surface area contributed by atoms with Crippen molar-refractivity contribution in [3.05, 3.63) is 87.7 Å². The fraction of sp³-hybridized carbons (Fsp3) is 0.408. The Balaban J connectivity index is 0.756. The first kappa shape index (κ1) is 49.7. The van der Waals surface area contributed by atoms with Gasteiger partial charge in [-0.25, -0.2) is 9.97 Å². The summed E-state index contributed by atoms with van der Waals surface area (Å²) in [7, 11) is -1.46. The molecule has 4 aliphatic heterocycles. The van der Waals surface area contributed by atoms with Crippen LogP contribution in [0.2, 0.25) is 0 Å². The lowest BCUT2D eigenvalue weighted by Gasteiger charge is -2.40. The van der Waals surface area contributed by atoms with Crippen LogP contribution in [0.3, 0.4) is 0 Å². The van der Waals surface area contributed by atoms with Crippen LogP contribution >= 0.6 is 23.1 Å². The molecule has 17 nitrogen and oxygen atoms in total. The van der Waals surface area contributed by atoms with E-state index in [0.717, 1.165) is 60.9 Å². The van der Waals surface area contributed by atoms with E-state index >= 15 is 0 Å². The molecule has 2 aromatic heterocycles. The molecule has 22 heteroatoms. The summed E-state index contributed by atoms with van der Waals surface area (Å²) in [6, 6.07) is 14.5. The van der Waals surface area contributed by atoms with Crippen LogP contribution in [-0.4, -0.2) is 115 Å². The van der Waals surface area contributed by atoms with Crippen LogP contribution in [0.25, 0.3) is 10.9 Å². The molecule has 1 unspecified atom stereocenters. The molecule has 9 rings (SSSR count). The van der Waals surface area contributed by atoms with Gasteiger partial charge in [-0.05, 0) is 115 Å². The maximum absolute atomic E-state index is 13.6. The van der Waals surface area contributed by atoms with E-state index in [0.29, 0.717) is 82.8 Å². The molecule has 4 aliphatic rings. The summed E-state index contributed by atoms with van der Waals surface area (Å²) in [4.78, 5) is 69.2. The second-order valence-corrected chi connectivity index (χ2v) is 22.6. The van der Waals surface area contributed by atoms with Crippen molar-refractivity contribution in [3.8, 4) is 5.75 Å². The number of alkyl halides is 3. The minimum Gasteiger partial charge on any atom is -0.494 e. The number of carbonyl (C=O) groups is 4. The van der Waals surface area contributed by atoms with Gasteiger partial charge in [0.2, 0.25) is 23.7 Å². The lowest BCUT2D eigenvalue weighted by atomic mass is 9.97. The first-order valence-corrected chi connectivity index (χ1v) is 26.9. The Bertz CT molecular complexity index is 2980. The number of pyridine rings is 1. The van der Waals surface area contributed by atoms with Crippen LogP contribution in [0, 0.1) is 5.92 Å². The maximum atomic E-state index is 13.6. The first-order valence-electron chi connectivity index (χ1n) is 23.5. The molecule has 0 saturated carbocycles. The molecule has 4 amide bonds. The monoisotopic (exact) mass is 1060 g/mol. The second-order valence-electron chi connectivity index (χ2n) is 18.6. The number of aromatic nitrogens is 3. The third-order valence-corrected chi connectivity index (χ3v) is 15.7. The fourth-order valence-corrected chi connectivity index (χ4v) is 11.6. The van der Waals surface area contributed by atoms with Gasteiger partial charge in [-0.1, -0.05) is 6.92 Å². The topological polar surface area (TPSA) is 203 Å². The van der Waals surface area contributed by atoms with Gasteiger partial charge in [0.05, 0.1) is 34.4 Å². The number of carbonyl (C=O) groups excluding carboxylic acids is 4. The average Bonchev–Trinajstić information content (AvgIpc) is 3.64. The molecule has 3 aromatic carbocycles. The zero-order chi connectivity index (χ0) is 50.4. The quantitative estimate of drug-likeness (QED) is 0.0422. The normalized spacial score (nSPS) is 17.8. The molecule has 374 valence electrons. The van der Waals surface area contributed by atoms with Crippen molar-refractivity contribution in [3.63, 3.8) is 0 Å². The van der Waals surface area contributed by atoms with Crippen LogP contribution in [0.4, 0.5) is 47.7 Å². The van der Waals surface area contributed by atoms with E-state index in [9.17, 15) is 36.9 Å². The summed E-state index contributed by atoms with van der Waals surface area (Å²) in [6.45, 7) is 9.43. The number of amides is 4. The predicted octanol–water partition coefficient (Wildman–Crippen LogP) is 6.68. The highest BCUT2D eigenvalue weighted by atomic mass is 79.9. The van der Waals surface area contributed by atoms with Crippen LogP contribution < -0.4 is 46.4 Å². The zero-order valence-electron chi connectivity index (χ0n) is 39.6. The van der Waals surface area contributed by atoms with Gasteiger partial charge in [0.15, 0.2) is 0 Å². The first-order chi connectivity index (χ1) is 33.9. The molecule has 5 N–H and O–H groups in total. The number of nitrogens with one attached hydrogen (secondary N) is 5. The van der Waals surface area contributed by atoms with Crippen molar-refractivity contribution >= 4 is 97.4 Å². The third kappa shape index (κ3) is 10.5. The number of imide groups is 1. The number of hydrogen-bond acceptors (Lipinski definition) is 14. The number of methoxy groups -OCH3 is 1. The molecule has 0 aliphatic carbocycles. The molecule has 5 aromatic rings. The van der Waals surface area contributed by atoms with Gasteiger partial charge in [-0.15, -0.1) is 0 Å². The molecule has 0 spiro atoms. The molecule has 6 heterocycles. The highest BCUT2D eigenvalue weighted by molar-refractivity contribution is 9.10. The molecule has 71 heavy (non-hydrogen) atoms. The van der Waals surface area contributed by atoms with Crippen LogP contribution in [0.1, 0.15) is 59.8 Å². The van der Waals surface area contributed by atoms with Crippen molar-refractivity contribution in [2.75, 3.05) is 80.1 Å². The Morgan fingerprint density at radius 1 is 0.944 bits per heavy atom. The molecular weight excluding hydrogens is 1010 g/mol. The number of nitrogens with zero attached hydrogens (tertiary/aromatic N) is 6. The van der Waals surface area contributed by atoms with E-state index in [4.69, 9.17) is 9.72 Å². The van der Waals surface area contributed by atoms with Gasteiger partial charge >= 0.3 is 6.18 Å². The Morgan fingerprint density at radius 2 is 1.72 bits per heavy atom. The summed E-state index contributed by atoms with van der Waals surface area (Å²) >= 11 is 3.50. The van der Waals surface area contributed by atoms with Crippen LogP contribution in [0.5, 0.6) is 5.75 Å². The largest absolute Gasteiger partial charge is 0.494 e. The number of hydrogen-bond donors (Lipinski definition) is 5. The van der Waals surface area contributed by atoms with Gasteiger partial charge in [0, 0.05) is 98.2 Å². The Morgan fingerprint density at radius 3 is 2.42 bits per heavy atom. The summed E-state index contributed by atoms with van der Waals surface area (Å²) in [5.74, 6) is 0.0682. The maximum Gasteiger partial charge on any atom is 0.433 e. The number of halogens is 4. The Kier molecular flexibility index (Phi) is 14.0. The van der Waals surface area contributed by atoms with Crippen LogP contribution in [-0.2, 0) is 38.1 Å². The minimum absolute atomic E-state index is 0.00982. The predicted molar refractivity (Wildman–Crippen MR) is 269 cm³/mol. The van der Waals surface area contributed by atoms with Gasteiger partial charge in [-0.2, -0.15) is 18.2 Å². The standard InChI is InChI=1S/C49H54BrF3N11O6P/c1-5-27-21-37(59-48-56-23-34(50)44(61-48)58-36-10-9-35-33(43(36)71(3,4)69)8-12-41(57-35)49(51,52)53)40(70-2)22-39(27)62-18-14-30(15-19-62)54-16-17-55-45(66)29-24-63(25-29)31-6-7-32-28(20-31)26-64(47(32)68)38-11-13-42(65)60-46(38)67/h6-10,12,20-23,29-30,38,54H,5,11,13-19,24-26H2,1-4H3,(H,55,66)(H,60,65,67)(H2,56,58,59,61). The number of ether oxygens (including phenoxy) is 1. The smallest absolute Gasteiger partial charge is 0.433 e. The molecule has 0 bridgehead atoms. The van der Waals surface area contributed by atoms with Crippen LogP contribution in [0.15, 0.2) is 65.3 Å². The van der Waals surface area contributed by atoms with Crippen molar-refractivity contribution in [1.29, 1.82) is 0 Å². The zero-order valence-corrected chi connectivity index (χ0v) is 42.1. The average molecular weight is 1060 g/mol. The summed E-state index contributed by atoms with van der Waals surface area (Å²) in [6.07, 6.45) is 0.0206. The van der Waals surface area contributed by atoms with E-state index in [1.807, 2.05) is 24.3 Å². The number of aryl methyl sites for hydroxylation is 1. The molecule has 3 fully saturated rings. The Hall–Kier alpha value is -6.31. The van der Waals surface area contributed by atoms with Crippen molar-refractivity contribution in [2.24, 2.45) is 5.92 Å². The number of piperidine rings is 2.